The van der Waals surface area contributed by atoms with Crippen LogP contribution in [0.5, 0.6) is 0 Å². The van der Waals surface area contributed by atoms with Gasteiger partial charge in [0, 0.05) is 36.4 Å². The van der Waals surface area contributed by atoms with E-state index in [1.807, 2.05) is 23.9 Å². The predicted octanol–water partition coefficient (Wildman–Crippen LogP) is 3.43. The Morgan fingerprint density at radius 3 is 2.57 bits per heavy atom. The first kappa shape index (κ1) is 16.1. The smallest absolute Gasteiger partial charge is 0.126 e. The standard InChI is InChI=1S/C18H27N5/c1-12(2)22-9-7-15(11-22)16-10-17(21-14(5)20-16)18-6-8-19-23(18)13(3)4/h6,8,10,12-13,15H,7,9,11H2,1-5H3. The minimum atomic E-state index is 0.321. The van der Waals surface area contributed by atoms with E-state index in [4.69, 9.17) is 4.98 Å². The molecule has 124 valence electrons. The van der Waals surface area contributed by atoms with Crippen molar-refractivity contribution in [3.63, 3.8) is 0 Å². The van der Waals surface area contributed by atoms with E-state index in [1.54, 1.807) is 0 Å². The maximum atomic E-state index is 4.73. The lowest BCUT2D eigenvalue weighted by Gasteiger charge is -2.20. The van der Waals surface area contributed by atoms with Gasteiger partial charge in [-0.05, 0) is 59.7 Å². The third-order valence-electron chi connectivity index (χ3n) is 4.65. The largest absolute Gasteiger partial charge is 0.300 e. The van der Waals surface area contributed by atoms with Crippen LogP contribution >= 0.6 is 0 Å². The average Bonchev–Trinajstić information content (AvgIpc) is 3.16. The summed E-state index contributed by atoms with van der Waals surface area (Å²) in [5.41, 5.74) is 3.24. The minimum absolute atomic E-state index is 0.321. The molecule has 0 aliphatic carbocycles. The van der Waals surface area contributed by atoms with Crippen LogP contribution in [0.4, 0.5) is 0 Å². The molecule has 0 radical (unpaired) electrons. The number of likely N-dealkylation sites (tertiary alicyclic amines) is 1. The van der Waals surface area contributed by atoms with E-state index in [1.165, 1.54) is 12.1 Å². The highest BCUT2D eigenvalue weighted by Gasteiger charge is 2.27. The van der Waals surface area contributed by atoms with Gasteiger partial charge in [0.15, 0.2) is 0 Å². The second-order valence-corrected chi connectivity index (χ2v) is 7.05. The molecule has 2 aromatic rings. The predicted molar refractivity (Wildman–Crippen MR) is 92.4 cm³/mol. The Kier molecular flexibility index (Phi) is 4.48. The third-order valence-corrected chi connectivity index (χ3v) is 4.65. The van der Waals surface area contributed by atoms with Crippen molar-refractivity contribution in [1.29, 1.82) is 0 Å². The first-order chi connectivity index (χ1) is 11.0. The van der Waals surface area contributed by atoms with Crippen molar-refractivity contribution in [2.45, 2.75) is 59.0 Å². The van der Waals surface area contributed by atoms with Gasteiger partial charge in [0.05, 0.1) is 11.4 Å². The van der Waals surface area contributed by atoms with E-state index in [2.05, 4.69) is 48.7 Å². The lowest BCUT2D eigenvalue weighted by Crippen LogP contribution is -2.28. The molecule has 1 aliphatic rings. The molecule has 0 spiro atoms. The van der Waals surface area contributed by atoms with E-state index in [-0.39, 0.29) is 0 Å². The van der Waals surface area contributed by atoms with Crippen LogP contribution < -0.4 is 0 Å². The number of aryl methyl sites for hydroxylation is 1. The SMILES string of the molecule is Cc1nc(-c2ccnn2C(C)C)cc(C2CCN(C(C)C)C2)n1. The molecule has 0 aromatic carbocycles. The fourth-order valence-electron chi connectivity index (χ4n) is 3.36. The molecule has 0 amide bonds. The first-order valence-corrected chi connectivity index (χ1v) is 8.59. The zero-order valence-corrected chi connectivity index (χ0v) is 14.8. The molecule has 2 aromatic heterocycles. The molecule has 1 saturated heterocycles. The van der Waals surface area contributed by atoms with Crippen molar-refractivity contribution < 1.29 is 0 Å². The summed E-state index contributed by atoms with van der Waals surface area (Å²) in [5.74, 6) is 1.35. The average molecular weight is 313 g/mol. The van der Waals surface area contributed by atoms with Gasteiger partial charge in [-0.25, -0.2) is 9.97 Å². The van der Waals surface area contributed by atoms with Crippen LogP contribution in [0.3, 0.4) is 0 Å². The van der Waals surface area contributed by atoms with E-state index in [9.17, 15) is 0 Å². The van der Waals surface area contributed by atoms with Crippen LogP contribution in [-0.4, -0.2) is 43.8 Å². The summed E-state index contributed by atoms with van der Waals surface area (Å²) in [6.45, 7) is 13.0. The lowest BCUT2D eigenvalue weighted by molar-refractivity contribution is 0.272. The van der Waals surface area contributed by atoms with E-state index in [0.717, 1.165) is 30.3 Å². The molecular formula is C18H27N5. The van der Waals surface area contributed by atoms with Crippen LogP contribution in [-0.2, 0) is 0 Å². The molecule has 0 N–H and O–H groups in total. The second-order valence-electron chi connectivity index (χ2n) is 7.05. The number of nitrogens with zero attached hydrogens (tertiary/aromatic N) is 5. The van der Waals surface area contributed by atoms with Gasteiger partial charge in [0.25, 0.3) is 0 Å². The molecule has 23 heavy (non-hydrogen) atoms. The fourth-order valence-corrected chi connectivity index (χ4v) is 3.36. The normalized spacial score (nSPS) is 19.2. The van der Waals surface area contributed by atoms with Gasteiger partial charge in [-0.2, -0.15) is 5.10 Å². The van der Waals surface area contributed by atoms with Gasteiger partial charge in [0.2, 0.25) is 0 Å². The van der Waals surface area contributed by atoms with Crippen molar-refractivity contribution >= 4 is 0 Å². The summed E-state index contributed by atoms with van der Waals surface area (Å²) in [4.78, 5) is 11.9. The zero-order valence-electron chi connectivity index (χ0n) is 14.8. The number of hydrogen-bond acceptors (Lipinski definition) is 4. The van der Waals surface area contributed by atoms with E-state index in [0.29, 0.717) is 18.0 Å². The fraction of sp³-hybridized carbons (Fsp3) is 0.611. The van der Waals surface area contributed by atoms with Crippen LogP contribution in [0.2, 0.25) is 0 Å². The van der Waals surface area contributed by atoms with Gasteiger partial charge in [-0.3, -0.25) is 4.68 Å². The second kappa shape index (κ2) is 6.40. The molecular weight excluding hydrogens is 286 g/mol. The molecule has 1 atom stereocenters. The summed E-state index contributed by atoms with van der Waals surface area (Å²) in [6.07, 6.45) is 3.03. The van der Waals surface area contributed by atoms with Crippen LogP contribution in [0, 0.1) is 6.92 Å². The summed E-state index contributed by atoms with van der Waals surface area (Å²) in [7, 11) is 0. The summed E-state index contributed by atoms with van der Waals surface area (Å²) >= 11 is 0. The number of hydrogen-bond donors (Lipinski definition) is 0. The van der Waals surface area contributed by atoms with Crippen LogP contribution in [0.25, 0.3) is 11.4 Å². The highest BCUT2D eigenvalue weighted by atomic mass is 15.3. The highest BCUT2D eigenvalue weighted by Crippen LogP contribution is 2.30. The van der Waals surface area contributed by atoms with Gasteiger partial charge < -0.3 is 4.90 Å². The monoisotopic (exact) mass is 313 g/mol. The molecule has 3 rings (SSSR count). The van der Waals surface area contributed by atoms with Crippen LogP contribution in [0.15, 0.2) is 18.3 Å². The Morgan fingerprint density at radius 2 is 1.91 bits per heavy atom. The van der Waals surface area contributed by atoms with Crippen molar-refractivity contribution in [3.05, 3.63) is 29.8 Å². The summed E-state index contributed by atoms with van der Waals surface area (Å²) in [5, 5.41) is 4.43. The topological polar surface area (TPSA) is 46.8 Å². The maximum Gasteiger partial charge on any atom is 0.126 e. The van der Waals surface area contributed by atoms with Crippen LogP contribution in [0.1, 0.15) is 57.6 Å². The molecule has 5 heteroatoms. The Balaban J connectivity index is 1.93. The molecule has 3 heterocycles. The molecule has 0 saturated carbocycles. The Bertz CT molecular complexity index is 674. The van der Waals surface area contributed by atoms with Crippen molar-refractivity contribution in [2.75, 3.05) is 13.1 Å². The van der Waals surface area contributed by atoms with Gasteiger partial charge >= 0.3 is 0 Å². The molecule has 0 bridgehead atoms. The summed E-state index contributed by atoms with van der Waals surface area (Å²) < 4.78 is 2.03. The zero-order chi connectivity index (χ0) is 16.6. The lowest BCUT2D eigenvalue weighted by atomic mass is 10.0. The van der Waals surface area contributed by atoms with Crippen molar-refractivity contribution in [2.24, 2.45) is 0 Å². The third kappa shape index (κ3) is 3.29. The highest BCUT2D eigenvalue weighted by molar-refractivity contribution is 5.55. The quantitative estimate of drug-likeness (QED) is 0.867. The van der Waals surface area contributed by atoms with E-state index >= 15 is 0 Å². The Hall–Kier alpha value is -1.75. The van der Waals surface area contributed by atoms with E-state index < -0.39 is 0 Å². The van der Waals surface area contributed by atoms with Gasteiger partial charge in [-0.1, -0.05) is 0 Å². The van der Waals surface area contributed by atoms with Crippen molar-refractivity contribution in [1.82, 2.24) is 24.6 Å². The molecule has 1 unspecified atom stereocenters. The molecule has 5 nitrogen and oxygen atoms in total. The van der Waals surface area contributed by atoms with Gasteiger partial charge in [0.1, 0.15) is 5.82 Å². The molecule has 1 fully saturated rings. The maximum absolute atomic E-state index is 4.73. The Labute approximate surface area is 138 Å². The number of rotatable bonds is 4. The summed E-state index contributed by atoms with van der Waals surface area (Å²) in [6, 6.07) is 5.13. The number of aromatic nitrogens is 4. The van der Waals surface area contributed by atoms with Crippen molar-refractivity contribution in [3.8, 4) is 11.4 Å². The minimum Gasteiger partial charge on any atom is -0.300 e. The first-order valence-electron chi connectivity index (χ1n) is 8.59. The van der Waals surface area contributed by atoms with Gasteiger partial charge in [-0.15, -0.1) is 0 Å². The molecule has 1 aliphatic heterocycles. The Morgan fingerprint density at radius 1 is 1.13 bits per heavy atom.